The summed E-state index contributed by atoms with van der Waals surface area (Å²) in [6.45, 7) is 5.51. The molecule has 0 fully saturated rings. The molecule has 146 valence electrons. The first-order valence-corrected chi connectivity index (χ1v) is 10.5. The molecule has 0 unspecified atom stereocenters. The number of hydrogen-bond acceptors (Lipinski definition) is 4. The summed E-state index contributed by atoms with van der Waals surface area (Å²) in [5.41, 5.74) is 2.72. The second kappa shape index (κ2) is 8.43. The highest BCUT2D eigenvalue weighted by Gasteiger charge is 2.32. The first-order chi connectivity index (χ1) is 12.7. The van der Waals surface area contributed by atoms with E-state index in [0.29, 0.717) is 23.5 Å². The van der Waals surface area contributed by atoms with Gasteiger partial charge in [0.2, 0.25) is 15.9 Å². The second-order valence-corrected chi connectivity index (χ2v) is 8.32. The number of amides is 1. The summed E-state index contributed by atoms with van der Waals surface area (Å²) < 4.78 is 31.7. The number of rotatable bonds is 7. The number of nitrogens with one attached hydrogen (secondary N) is 1. The van der Waals surface area contributed by atoms with Gasteiger partial charge in [-0.3, -0.25) is 9.10 Å². The molecule has 2 aromatic rings. The molecule has 0 saturated carbocycles. The molecule has 0 spiro atoms. The molecule has 0 aliphatic heterocycles. The number of hydrogen-bond donors (Lipinski definition) is 1. The van der Waals surface area contributed by atoms with Crippen molar-refractivity contribution < 1.29 is 17.9 Å². The molecule has 7 heteroatoms. The number of methoxy groups -OCH3 is 1. The van der Waals surface area contributed by atoms with Crippen LogP contribution in [-0.2, 0) is 14.8 Å². The predicted molar refractivity (Wildman–Crippen MR) is 109 cm³/mol. The van der Waals surface area contributed by atoms with E-state index in [2.05, 4.69) is 5.32 Å². The van der Waals surface area contributed by atoms with Crippen molar-refractivity contribution in [2.45, 2.75) is 33.2 Å². The molecule has 0 saturated heterocycles. The third-order valence-electron chi connectivity index (χ3n) is 4.30. The van der Waals surface area contributed by atoms with Gasteiger partial charge in [0, 0.05) is 0 Å². The molecule has 6 nitrogen and oxygen atoms in total. The number of anilines is 2. The maximum atomic E-state index is 13.0. The van der Waals surface area contributed by atoms with Crippen LogP contribution in [0.5, 0.6) is 5.75 Å². The van der Waals surface area contributed by atoms with Crippen molar-refractivity contribution in [1.29, 1.82) is 0 Å². The SMILES string of the molecule is CC[C@H](C(=O)Nc1ccccc1OC)N(c1cc(C)ccc1C)S(C)(=O)=O. The molecule has 1 amide bonds. The molecule has 27 heavy (non-hydrogen) atoms. The fraction of sp³-hybridized carbons (Fsp3) is 0.350. The smallest absolute Gasteiger partial charge is 0.248 e. The quantitative estimate of drug-likeness (QED) is 0.785. The van der Waals surface area contributed by atoms with Crippen LogP contribution in [0.4, 0.5) is 11.4 Å². The average molecular weight is 391 g/mol. The van der Waals surface area contributed by atoms with Crippen LogP contribution < -0.4 is 14.4 Å². The number of carbonyl (C=O) groups excluding carboxylic acids is 1. The second-order valence-electron chi connectivity index (χ2n) is 6.46. The van der Waals surface area contributed by atoms with Crippen molar-refractivity contribution in [3.05, 3.63) is 53.6 Å². The fourth-order valence-corrected chi connectivity index (χ4v) is 4.22. The van der Waals surface area contributed by atoms with Crippen LogP contribution in [0.15, 0.2) is 42.5 Å². The Morgan fingerprint density at radius 1 is 1.19 bits per heavy atom. The van der Waals surface area contributed by atoms with Crippen molar-refractivity contribution in [2.75, 3.05) is 23.0 Å². The first kappa shape index (κ1) is 20.8. The summed E-state index contributed by atoms with van der Waals surface area (Å²) in [4.78, 5) is 13.0. The summed E-state index contributed by atoms with van der Waals surface area (Å²) >= 11 is 0. The van der Waals surface area contributed by atoms with Gasteiger partial charge in [-0.25, -0.2) is 8.42 Å². The number of nitrogens with zero attached hydrogens (tertiary/aromatic N) is 1. The molecule has 0 aliphatic carbocycles. The number of carbonyl (C=O) groups is 1. The van der Waals surface area contributed by atoms with Gasteiger partial charge in [-0.05, 0) is 49.6 Å². The molecular weight excluding hydrogens is 364 g/mol. The molecule has 1 N–H and O–H groups in total. The van der Waals surface area contributed by atoms with E-state index < -0.39 is 22.0 Å². The molecular formula is C20H26N2O4S. The highest BCUT2D eigenvalue weighted by molar-refractivity contribution is 7.92. The van der Waals surface area contributed by atoms with E-state index in [9.17, 15) is 13.2 Å². The van der Waals surface area contributed by atoms with Crippen LogP contribution in [0.3, 0.4) is 0 Å². The zero-order valence-electron chi connectivity index (χ0n) is 16.3. The van der Waals surface area contributed by atoms with E-state index in [1.54, 1.807) is 37.3 Å². The minimum Gasteiger partial charge on any atom is -0.495 e. The van der Waals surface area contributed by atoms with Gasteiger partial charge in [-0.15, -0.1) is 0 Å². The highest BCUT2D eigenvalue weighted by atomic mass is 32.2. The van der Waals surface area contributed by atoms with Crippen molar-refractivity contribution in [3.8, 4) is 5.75 Å². The third-order valence-corrected chi connectivity index (χ3v) is 5.46. The van der Waals surface area contributed by atoms with Gasteiger partial charge in [-0.2, -0.15) is 0 Å². The lowest BCUT2D eigenvalue weighted by molar-refractivity contribution is -0.117. The van der Waals surface area contributed by atoms with Crippen LogP contribution in [0.25, 0.3) is 0 Å². The van der Waals surface area contributed by atoms with Gasteiger partial charge < -0.3 is 10.1 Å². The number of aryl methyl sites for hydroxylation is 2. The summed E-state index contributed by atoms with van der Waals surface area (Å²) in [7, 11) is -2.17. The van der Waals surface area contributed by atoms with Crippen LogP contribution in [-0.4, -0.2) is 33.7 Å². The van der Waals surface area contributed by atoms with Gasteiger partial charge in [0.15, 0.2) is 0 Å². The van der Waals surface area contributed by atoms with Crippen LogP contribution in [0.1, 0.15) is 24.5 Å². The molecule has 0 bridgehead atoms. The monoisotopic (exact) mass is 390 g/mol. The van der Waals surface area contributed by atoms with Crippen molar-refractivity contribution in [1.82, 2.24) is 0 Å². The van der Waals surface area contributed by atoms with E-state index >= 15 is 0 Å². The van der Waals surface area contributed by atoms with Gasteiger partial charge >= 0.3 is 0 Å². The first-order valence-electron chi connectivity index (χ1n) is 8.69. The number of ether oxygens (including phenoxy) is 1. The summed E-state index contributed by atoms with van der Waals surface area (Å²) in [6, 6.07) is 11.7. The van der Waals surface area contributed by atoms with E-state index in [4.69, 9.17) is 4.74 Å². The molecule has 1 atom stereocenters. The Kier molecular flexibility index (Phi) is 6.49. The maximum Gasteiger partial charge on any atom is 0.248 e. The van der Waals surface area contributed by atoms with Gasteiger partial charge in [0.05, 0.1) is 24.7 Å². The topological polar surface area (TPSA) is 75.7 Å². The lowest BCUT2D eigenvalue weighted by Crippen LogP contribution is -2.47. The molecule has 2 aromatic carbocycles. The van der Waals surface area contributed by atoms with Gasteiger partial charge in [-0.1, -0.05) is 31.2 Å². The zero-order chi connectivity index (χ0) is 20.2. The highest BCUT2D eigenvalue weighted by Crippen LogP contribution is 2.29. The van der Waals surface area contributed by atoms with Gasteiger partial charge in [0.1, 0.15) is 11.8 Å². The van der Waals surface area contributed by atoms with E-state index in [0.717, 1.165) is 17.4 Å². The molecule has 0 heterocycles. The standard InChI is InChI=1S/C20H26N2O4S/c1-6-17(20(23)21-16-9-7-8-10-19(16)26-4)22(27(5,24)25)18-13-14(2)11-12-15(18)3/h7-13,17H,6H2,1-5H3,(H,21,23)/t17-/m1/s1. The third kappa shape index (κ3) is 4.80. The van der Waals surface area contributed by atoms with Crippen LogP contribution in [0.2, 0.25) is 0 Å². The van der Waals surface area contributed by atoms with Crippen molar-refractivity contribution in [3.63, 3.8) is 0 Å². The van der Waals surface area contributed by atoms with Crippen molar-refractivity contribution >= 4 is 27.3 Å². The van der Waals surface area contributed by atoms with E-state index in [-0.39, 0.29) is 0 Å². The van der Waals surface area contributed by atoms with Gasteiger partial charge in [0.25, 0.3) is 0 Å². The minimum absolute atomic E-state index is 0.321. The molecule has 0 aliphatic rings. The fourth-order valence-electron chi connectivity index (χ4n) is 2.96. The predicted octanol–water partition coefficient (Wildman–Crippen LogP) is 3.50. The number of benzene rings is 2. The lowest BCUT2D eigenvalue weighted by atomic mass is 10.1. The van der Waals surface area contributed by atoms with Crippen LogP contribution >= 0.6 is 0 Å². The Morgan fingerprint density at radius 3 is 2.44 bits per heavy atom. The molecule has 0 radical (unpaired) electrons. The minimum atomic E-state index is -3.68. The Labute approximate surface area is 161 Å². The van der Waals surface area contributed by atoms with E-state index in [1.807, 2.05) is 26.0 Å². The maximum absolute atomic E-state index is 13.0. The normalized spacial score (nSPS) is 12.3. The Hall–Kier alpha value is -2.54. The largest absolute Gasteiger partial charge is 0.495 e. The molecule has 0 aromatic heterocycles. The Balaban J connectivity index is 2.46. The summed E-state index contributed by atoms with van der Waals surface area (Å²) in [5, 5.41) is 2.80. The summed E-state index contributed by atoms with van der Waals surface area (Å²) in [5.74, 6) is 0.103. The van der Waals surface area contributed by atoms with E-state index in [1.165, 1.54) is 11.4 Å². The Bertz CT molecular complexity index is 925. The molecule has 2 rings (SSSR count). The zero-order valence-corrected chi connectivity index (χ0v) is 17.1. The van der Waals surface area contributed by atoms with Crippen LogP contribution in [0, 0.1) is 13.8 Å². The Morgan fingerprint density at radius 2 is 1.85 bits per heavy atom. The number of sulfonamides is 1. The lowest BCUT2D eigenvalue weighted by Gasteiger charge is -2.31. The summed E-state index contributed by atoms with van der Waals surface area (Å²) in [6.07, 6.45) is 1.44. The van der Waals surface area contributed by atoms with Crippen molar-refractivity contribution in [2.24, 2.45) is 0 Å². The number of para-hydroxylation sites is 2. The average Bonchev–Trinajstić information content (AvgIpc) is 2.61.